The molecule has 8 nitrogen and oxygen atoms in total. The summed E-state index contributed by atoms with van der Waals surface area (Å²) in [6.45, 7) is 2.98. The Morgan fingerprint density at radius 1 is 1.23 bits per heavy atom. The first-order chi connectivity index (χ1) is 10.4. The maximum absolute atomic E-state index is 11.8. The number of esters is 1. The van der Waals surface area contributed by atoms with Crippen molar-refractivity contribution in [1.29, 1.82) is 0 Å². The van der Waals surface area contributed by atoms with E-state index in [0.29, 0.717) is 12.8 Å². The summed E-state index contributed by atoms with van der Waals surface area (Å²) in [7, 11) is -3.53. The first-order valence-electron chi connectivity index (χ1n) is 6.97. The molecular formula is C13H16O8S. The number of hydrogen-bond donors (Lipinski definition) is 0. The zero-order valence-electron chi connectivity index (χ0n) is 11.7. The lowest BCUT2D eigenvalue weighted by molar-refractivity contribution is -0.139. The van der Waals surface area contributed by atoms with E-state index >= 15 is 0 Å². The van der Waals surface area contributed by atoms with Crippen molar-refractivity contribution in [3.05, 3.63) is 12.7 Å². The largest absolute Gasteiger partial charge is 0.508 e. The lowest BCUT2D eigenvalue weighted by atomic mass is 9.94. The zero-order valence-corrected chi connectivity index (χ0v) is 12.5. The van der Waals surface area contributed by atoms with Crippen LogP contribution in [0.25, 0.3) is 0 Å². The van der Waals surface area contributed by atoms with Crippen molar-refractivity contribution >= 4 is 22.2 Å². The minimum Gasteiger partial charge on any atom is -0.459 e. The first kappa shape index (κ1) is 15.3. The average molecular weight is 332 g/mol. The highest BCUT2D eigenvalue weighted by Crippen LogP contribution is 2.55. The molecule has 1 aliphatic heterocycles. The third-order valence-electron chi connectivity index (χ3n) is 4.36. The van der Waals surface area contributed by atoms with Gasteiger partial charge in [-0.15, -0.1) is 0 Å². The predicted molar refractivity (Wildman–Crippen MR) is 71.2 cm³/mol. The van der Waals surface area contributed by atoms with Crippen LogP contribution in [0.5, 0.6) is 0 Å². The highest BCUT2D eigenvalue weighted by molar-refractivity contribution is 7.87. The van der Waals surface area contributed by atoms with Gasteiger partial charge in [0.2, 0.25) is 0 Å². The van der Waals surface area contributed by atoms with Crippen molar-refractivity contribution in [2.24, 2.45) is 11.8 Å². The quantitative estimate of drug-likeness (QED) is 0.308. The molecule has 0 N–H and O–H groups in total. The van der Waals surface area contributed by atoms with Gasteiger partial charge >= 0.3 is 12.1 Å². The van der Waals surface area contributed by atoms with E-state index in [1.807, 2.05) is 0 Å². The van der Waals surface area contributed by atoms with Crippen LogP contribution in [0, 0.1) is 11.8 Å². The Morgan fingerprint density at radius 3 is 2.68 bits per heavy atom. The Morgan fingerprint density at radius 2 is 1.95 bits per heavy atom. The van der Waals surface area contributed by atoms with E-state index in [9.17, 15) is 18.0 Å². The molecule has 2 bridgehead atoms. The first-order valence-corrected chi connectivity index (χ1v) is 8.44. The van der Waals surface area contributed by atoms with Gasteiger partial charge in [0.1, 0.15) is 25.4 Å². The summed E-state index contributed by atoms with van der Waals surface area (Å²) in [5.41, 5.74) is 0. The van der Waals surface area contributed by atoms with Crippen molar-refractivity contribution in [2.75, 3.05) is 13.2 Å². The van der Waals surface area contributed by atoms with Gasteiger partial charge in [-0.1, -0.05) is 6.58 Å². The van der Waals surface area contributed by atoms with E-state index in [1.165, 1.54) is 0 Å². The van der Waals surface area contributed by atoms with Crippen LogP contribution in [0.2, 0.25) is 0 Å². The van der Waals surface area contributed by atoms with Crippen LogP contribution in [-0.2, 0) is 33.3 Å². The summed E-state index contributed by atoms with van der Waals surface area (Å²) >= 11 is 0. The summed E-state index contributed by atoms with van der Waals surface area (Å²) in [5, 5.41) is -0.461. The number of ether oxygens (including phenoxy) is 3. The predicted octanol–water partition coefficient (Wildman–Crippen LogP) is 0.374. The monoisotopic (exact) mass is 332 g/mol. The highest BCUT2D eigenvalue weighted by Gasteiger charge is 2.65. The molecule has 0 aromatic carbocycles. The van der Waals surface area contributed by atoms with Gasteiger partial charge in [0.15, 0.2) is 0 Å². The van der Waals surface area contributed by atoms with E-state index in [4.69, 9.17) is 13.7 Å². The number of carbonyl (C=O) groups excluding carboxylic acids is 2. The molecule has 0 radical (unpaired) electrons. The molecule has 5 atom stereocenters. The van der Waals surface area contributed by atoms with E-state index in [1.54, 1.807) is 0 Å². The van der Waals surface area contributed by atoms with Gasteiger partial charge in [-0.2, -0.15) is 8.42 Å². The van der Waals surface area contributed by atoms with Crippen LogP contribution < -0.4 is 0 Å². The Kier molecular flexibility index (Phi) is 3.85. The second kappa shape index (κ2) is 5.54. The second-order valence-electron chi connectivity index (χ2n) is 5.54. The third-order valence-corrected chi connectivity index (χ3v) is 6.13. The van der Waals surface area contributed by atoms with Crippen molar-refractivity contribution in [3.63, 3.8) is 0 Å². The summed E-state index contributed by atoms with van der Waals surface area (Å²) in [6.07, 6.45) is 0.0299. The molecule has 1 heterocycles. The van der Waals surface area contributed by atoms with Crippen LogP contribution in [-0.4, -0.2) is 51.2 Å². The second-order valence-corrected chi connectivity index (χ2v) is 7.32. The van der Waals surface area contributed by atoms with Gasteiger partial charge in [-0.3, -0.25) is 4.18 Å². The molecule has 0 spiro atoms. The molecule has 22 heavy (non-hydrogen) atoms. The van der Waals surface area contributed by atoms with Crippen LogP contribution >= 0.6 is 0 Å². The summed E-state index contributed by atoms with van der Waals surface area (Å²) in [5.74, 6) is -0.717. The zero-order chi connectivity index (χ0) is 15.9. The lowest BCUT2D eigenvalue weighted by Crippen LogP contribution is -2.37. The molecule has 3 fully saturated rings. The molecule has 122 valence electrons. The molecule has 3 aliphatic rings. The van der Waals surface area contributed by atoms with Gasteiger partial charge in [-0.05, 0) is 12.8 Å². The Labute approximate surface area is 127 Å². The van der Waals surface area contributed by atoms with E-state index in [0.717, 1.165) is 6.08 Å². The third kappa shape index (κ3) is 2.58. The molecule has 2 aliphatic carbocycles. The summed E-state index contributed by atoms with van der Waals surface area (Å²) in [4.78, 5) is 22.4. The van der Waals surface area contributed by atoms with E-state index in [2.05, 4.69) is 11.3 Å². The fraction of sp³-hybridized carbons (Fsp3) is 0.692. The van der Waals surface area contributed by atoms with Crippen molar-refractivity contribution < 1.29 is 36.4 Å². The minimum atomic E-state index is -3.53. The van der Waals surface area contributed by atoms with Gasteiger partial charge in [0.05, 0.1) is 5.25 Å². The Balaban J connectivity index is 1.47. The average Bonchev–Trinajstić information content (AvgIpc) is 3.07. The SMILES string of the molecule is C=CC(=O)OCCOC(=O)OC1C2CC3C1OS(=O)(=O)C3C2. The topological polar surface area (TPSA) is 105 Å². The van der Waals surface area contributed by atoms with Gasteiger partial charge < -0.3 is 14.2 Å². The standard InChI is InChI=1S/C13H16O8S/c1-2-10(14)18-3-4-19-13(15)20-11-7-5-8-9(6-7)22(16,17)21-12(8)11/h2,7-9,11-12H,1,3-6H2. The summed E-state index contributed by atoms with van der Waals surface area (Å²) in [6, 6.07) is 0. The van der Waals surface area contributed by atoms with Crippen LogP contribution in [0.15, 0.2) is 12.7 Å². The Bertz CT molecular complexity index is 597. The maximum atomic E-state index is 11.8. The molecule has 3 rings (SSSR count). The molecule has 2 saturated carbocycles. The molecule has 0 amide bonds. The normalized spacial score (nSPS) is 36.8. The van der Waals surface area contributed by atoms with Crippen LogP contribution in [0.1, 0.15) is 12.8 Å². The fourth-order valence-corrected chi connectivity index (χ4v) is 5.40. The van der Waals surface area contributed by atoms with Crippen molar-refractivity contribution in [1.82, 2.24) is 0 Å². The smallest absolute Gasteiger partial charge is 0.459 e. The number of hydrogen-bond acceptors (Lipinski definition) is 8. The fourth-order valence-electron chi connectivity index (χ4n) is 3.52. The van der Waals surface area contributed by atoms with Gasteiger partial charge in [0, 0.05) is 17.9 Å². The maximum Gasteiger partial charge on any atom is 0.508 e. The molecule has 0 aromatic heterocycles. The van der Waals surface area contributed by atoms with Crippen LogP contribution in [0.4, 0.5) is 4.79 Å². The Hall–Kier alpha value is -1.61. The number of carbonyl (C=O) groups is 2. The molecule has 0 aromatic rings. The lowest BCUT2D eigenvalue weighted by Gasteiger charge is -2.24. The molecule has 5 unspecified atom stereocenters. The van der Waals surface area contributed by atoms with Crippen LogP contribution in [0.3, 0.4) is 0 Å². The molecule has 9 heteroatoms. The van der Waals surface area contributed by atoms with Crippen molar-refractivity contribution in [2.45, 2.75) is 30.3 Å². The van der Waals surface area contributed by atoms with Gasteiger partial charge in [0.25, 0.3) is 10.1 Å². The highest BCUT2D eigenvalue weighted by atomic mass is 32.2. The number of fused-ring (bicyclic) bond motifs is 1. The number of rotatable bonds is 5. The van der Waals surface area contributed by atoms with E-state index in [-0.39, 0.29) is 25.0 Å². The summed E-state index contributed by atoms with van der Waals surface area (Å²) < 4.78 is 43.2. The molecular weight excluding hydrogens is 316 g/mol. The molecule has 1 saturated heterocycles. The minimum absolute atomic E-state index is 0.0107. The van der Waals surface area contributed by atoms with Gasteiger partial charge in [-0.25, -0.2) is 9.59 Å². The van der Waals surface area contributed by atoms with E-state index < -0.39 is 39.7 Å². The van der Waals surface area contributed by atoms with Crippen molar-refractivity contribution in [3.8, 4) is 0 Å².